The van der Waals surface area contributed by atoms with Gasteiger partial charge >= 0.3 is 5.97 Å². The zero-order valence-electron chi connectivity index (χ0n) is 22.5. The van der Waals surface area contributed by atoms with Gasteiger partial charge in [-0.25, -0.2) is 9.69 Å². The Morgan fingerprint density at radius 3 is 1.83 bits per heavy atom. The number of hydrogen-bond donors (Lipinski definition) is 1. The van der Waals surface area contributed by atoms with E-state index in [-0.39, 0.29) is 29.2 Å². The monoisotopic (exact) mass is 576 g/mol. The average molecular weight is 577 g/mol. The molecule has 4 aromatic rings. The molecule has 3 amide bonds. The summed E-state index contributed by atoms with van der Waals surface area (Å²) in [7, 11) is 0. The second kappa shape index (κ2) is 9.96. The van der Waals surface area contributed by atoms with Crippen LogP contribution in [0, 0.1) is 18.8 Å². The highest BCUT2D eigenvalue weighted by molar-refractivity contribution is 6.31. The first-order chi connectivity index (χ1) is 20.3. The normalized spacial score (nSPS) is 21.4. The lowest BCUT2D eigenvalue weighted by molar-refractivity contribution is -0.122. The molecule has 4 aliphatic rings. The van der Waals surface area contributed by atoms with E-state index in [1.807, 2.05) is 31.2 Å². The quantitative estimate of drug-likeness (QED) is 0.238. The molecule has 3 aliphatic carbocycles. The summed E-state index contributed by atoms with van der Waals surface area (Å²) < 4.78 is 5.19. The first kappa shape index (κ1) is 26.2. The number of anilines is 2. The van der Waals surface area contributed by atoms with Gasteiger partial charge in [0.05, 0.1) is 23.1 Å². The van der Waals surface area contributed by atoms with Crippen LogP contribution in [0.5, 0.6) is 0 Å². The Hall–Kier alpha value is -4.75. The van der Waals surface area contributed by atoms with E-state index < -0.39 is 30.3 Å². The number of esters is 1. The number of nitrogens with one attached hydrogen (secondary N) is 1. The zero-order valence-corrected chi connectivity index (χ0v) is 23.3. The molecule has 208 valence electrons. The molecule has 2 atom stereocenters. The molecule has 8 rings (SSSR count). The maximum Gasteiger partial charge on any atom is 0.338 e. The predicted octanol–water partition coefficient (Wildman–Crippen LogP) is 5.84. The van der Waals surface area contributed by atoms with Crippen LogP contribution in [0.15, 0.2) is 91.0 Å². The van der Waals surface area contributed by atoms with E-state index >= 15 is 0 Å². The van der Waals surface area contributed by atoms with Crippen LogP contribution < -0.4 is 10.2 Å². The highest BCUT2D eigenvalue weighted by Crippen LogP contribution is 2.61. The summed E-state index contributed by atoms with van der Waals surface area (Å²) in [4.78, 5) is 54.1. The van der Waals surface area contributed by atoms with Crippen LogP contribution in [0.25, 0.3) is 0 Å². The largest absolute Gasteiger partial charge is 0.452 e. The Kier molecular flexibility index (Phi) is 6.21. The van der Waals surface area contributed by atoms with Crippen LogP contribution in [-0.4, -0.2) is 30.3 Å². The first-order valence-corrected chi connectivity index (χ1v) is 14.1. The lowest BCUT2D eigenvalue weighted by atomic mass is 9.55. The topological polar surface area (TPSA) is 92.8 Å². The molecule has 1 N–H and O–H groups in total. The van der Waals surface area contributed by atoms with Gasteiger partial charge in [-0.1, -0.05) is 66.2 Å². The van der Waals surface area contributed by atoms with Crippen molar-refractivity contribution < 1.29 is 23.9 Å². The van der Waals surface area contributed by atoms with E-state index in [2.05, 4.69) is 29.6 Å². The number of benzene rings is 4. The minimum atomic E-state index is -0.698. The lowest BCUT2D eigenvalue weighted by Crippen LogP contribution is -2.41. The molecule has 0 unspecified atom stereocenters. The maximum atomic E-state index is 13.9. The van der Waals surface area contributed by atoms with E-state index in [0.29, 0.717) is 16.4 Å². The van der Waals surface area contributed by atoms with Gasteiger partial charge in [-0.3, -0.25) is 14.4 Å². The number of carbonyl (C=O) groups excluding carboxylic acids is 4. The third-order valence-electron chi connectivity index (χ3n) is 8.62. The molecule has 1 heterocycles. The number of hydrogen-bond acceptors (Lipinski definition) is 5. The summed E-state index contributed by atoms with van der Waals surface area (Å²) in [5.74, 6) is -3.01. The number of aryl methyl sites for hydroxylation is 1. The van der Waals surface area contributed by atoms with Crippen LogP contribution >= 0.6 is 11.6 Å². The lowest BCUT2D eigenvalue weighted by Gasteiger charge is -2.45. The molecular formula is C34H25ClN2O5. The van der Waals surface area contributed by atoms with Gasteiger partial charge in [0, 0.05) is 22.5 Å². The number of ether oxygens (including phenoxy) is 1. The molecule has 1 saturated heterocycles. The standard InChI is InChI=1S/C34H25ClN2O5/c1-18-10-13-20(35)16-26(18)36-27(38)17-42-34(41)19-11-14-21(15-12-19)37-32(39)30-28-22-6-2-3-7-23(22)29(31(30)33(37)40)25-9-5-4-8-24(25)28/h2-16,28-31H,17H2,1H3,(H,36,38)/t28?,29?,30-,31-/m1/s1. The fourth-order valence-electron chi connectivity index (χ4n) is 6.81. The second-order valence-electron chi connectivity index (χ2n) is 10.9. The fourth-order valence-corrected chi connectivity index (χ4v) is 6.98. The van der Waals surface area contributed by atoms with Gasteiger partial charge in [0.2, 0.25) is 11.8 Å². The molecule has 8 heteroatoms. The third-order valence-corrected chi connectivity index (χ3v) is 8.85. The van der Waals surface area contributed by atoms with Crippen LogP contribution in [-0.2, 0) is 19.1 Å². The van der Waals surface area contributed by atoms with Crippen molar-refractivity contribution in [3.05, 3.63) is 129 Å². The summed E-state index contributed by atoms with van der Waals surface area (Å²) in [6.45, 7) is 1.34. The van der Waals surface area contributed by atoms with Crippen LogP contribution in [0.2, 0.25) is 5.02 Å². The average Bonchev–Trinajstić information content (AvgIpc) is 3.27. The van der Waals surface area contributed by atoms with E-state index in [9.17, 15) is 19.2 Å². The van der Waals surface area contributed by atoms with Crippen molar-refractivity contribution >= 4 is 46.7 Å². The number of imide groups is 1. The Bertz CT molecular complexity index is 1680. The van der Waals surface area contributed by atoms with E-state index in [1.165, 1.54) is 17.0 Å². The summed E-state index contributed by atoms with van der Waals surface area (Å²) in [6.07, 6.45) is 0. The van der Waals surface area contributed by atoms with Crippen molar-refractivity contribution in [2.24, 2.45) is 11.8 Å². The van der Waals surface area contributed by atoms with Crippen molar-refractivity contribution in [3.8, 4) is 0 Å². The van der Waals surface area contributed by atoms with Crippen molar-refractivity contribution in [3.63, 3.8) is 0 Å². The molecule has 0 radical (unpaired) electrons. The third kappa shape index (κ3) is 4.03. The summed E-state index contributed by atoms with van der Waals surface area (Å²) in [5, 5.41) is 3.16. The Balaban J connectivity index is 1.09. The number of amides is 3. The molecule has 2 bridgehead atoms. The van der Waals surface area contributed by atoms with E-state index in [1.54, 1.807) is 30.3 Å². The van der Waals surface area contributed by atoms with Crippen molar-refractivity contribution in [2.75, 3.05) is 16.8 Å². The highest BCUT2D eigenvalue weighted by atomic mass is 35.5. The highest BCUT2D eigenvalue weighted by Gasteiger charge is 2.61. The van der Waals surface area contributed by atoms with Crippen molar-refractivity contribution in [1.82, 2.24) is 0 Å². The van der Waals surface area contributed by atoms with Gasteiger partial charge in [0.15, 0.2) is 6.61 Å². The maximum absolute atomic E-state index is 13.9. The van der Waals surface area contributed by atoms with E-state index in [4.69, 9.17) is 16.3 Å². The zero-order chi connectivity index (χ0) is 29.1. The molecular weight excluding hydrogens is 552 g/mol. The van der Waals surface area contributed by atoms with Crippen molar-refractivity contribution in [1.29, 1.82) is 0 Å². The smallest absolute Gasteiger partial charge is 0.338 e. The van der Waals surface area contributed by atoms with Gasteiger partial charge in [-0.2, -0.15) is 0 Å². The predicted molar refractivity (Wildman–Crippen MR) is 158 cm³/mol. The summed E-state index contributed by atoms with van der Waals surface area (Å²) in [6, 6.07) is 27.4. The number of carbonyl (C=O) groups is 4. The van der Waals surface area contributed by atoms with Gasteiger partial charge in [-0.05, 0) is 71.1 Å². The molecule has 42 heavy (non-hydrogen) atoms. The SMILES string of the molecule is Cc1ccc(Cl)cc1NC(=O)COC(=O)c1ccc(N2C(=O)[C@@H]3C4c5ccccc5C(c5ccccc54)[C@H]3C2=O)cc1. The number of rotatable bonds is 5. The molecule has 7 nitrogen and oxygen atoms in total. The summed E-state index contributed by atoms with van der Waals surface area (Å²) >= 11 is 6.00. The molecule has 1 fully saturated rings. The van der Waals surface area contributed by atoms with Crippen LogP contribution in [0.4, 0.5) is 11.4 Å². The molecule has 4 aromatic carbocycles. The fraction of sp³-hybridized carbons (Fsp3) is 0.176. The first-order valence-electron chi connectivity index (χ1n) is 13.7. The molecule has 0 aromatic heterocycles. The molecule has 0 saturated carbocycles. The minimum absolute atomic E-state index is 0.190. The molecule has 0 spiro atoms. The van der Waals surface area contributed by atoms with Crippen LogP contribution in [0.3, 0.4) is 0 Å². The minimum Gasteiger partial charge on any atom is -0.452 e. The molecule has 1 aliphatic heterocycles. The Morgan fingerprint density at radius 1 is 0.786 bits per heavy atom. The Labute approximate surface area is 247 Å². The Morgan fingerprint density at radius 2 is 1.31 bits per heavy atom. The second-order valence-corrected chi connectivity index (χ2v) is 11.3. The van der Waals surface area contributed by atoms with E-state index in [0.717, 1.165) is 27.8 Å². The summed E-state index contributed by atoms with van der Waals surface area (Å²) in [5.41, 5.74) is 6.39. The van der Waals surface area contributed by atoms with Gasteiger partial charge < -0.3 is 10.1 Å². The van der Waals surface area contributed by atoms with Gasteiger partial charge in [-0.15, -0.1) is 0 Å². The van der Waals surface area contributed by atoms with Crippen LogP contribution in [0.1, 0.15) is 50.0 Å². The number of nitrogens with zero attached hydrogens (tertiary/aromatic N) is 1. The van der Waals surface area contributed by atoms with Gasteiger partial charge in [0.25, 0.3) is 5.91 Å². The van der Waals surface area contributed by atoms with Crippen molar-refractivity contribution in [2.45, 2.75) is 18.8 Å². The number of halogens is 1. The van der Waals surface area contributed by atoms with Gasteiger partial charge in [0.1, 0.15) is 0 Å².